The smallest absolute Gasteiger partial charge is 0.326 e. The first-order valence-corrected chi connectivity index (χ1v) is 5.04. The van der Waals surface area contributed by atoms with Crippen molar-refractivity contribution in [2.75, 3.05) is 7.11 Å². The highest BCUT2D eigenvalue weighted by atomic mass is 16.5. The molecular weight excluding hydrogens is 214 g/mol. The van der Waals surface area contributed by atoms with E-state index in [2.05, 4.69) is 10.1 Å². The van der Waals surface area contributed by atoms with E-state index >= 15 is 0 Å². The lowest BCUT2D eigenvalue weighted by Crippen LogP contribution is -2.39. The van der Waals surface area contributed by atoms with Crippen molar-refractivity contribution in [2.24, 2.45) is 0 Å². The lowest BCUT2D eigenvalue weighted by Gasteiger charge is -2.12. The van der Waals surface area contributed by atoms with Crippen molar-refractivity contribution in [2.45, 2.75) is 38.6 Å². The molecule has 6 heteroatoms. The minimum atomic E-state index is -1.06. The summed E-state index contributed by atoms with van der Waals surface area (Å²) in [5.74, 6) is -1.75. The summed E-state index contributed by atoms with van der Waals surface area (Å²) in [4.78, 5) is 32.2. The van der Waals surface area contributed by atoms with E-state index in [0.717, 1.165) is 0 Å². The zero-order chi connectivity index (χ0) is 12.6. The number of carbonyl (C=O) groups excluding carboxylic acids is 2. The van der Waals surface area contributed by atoms with Gasteiger partial charge >= 0.3 is 11.9 Å². The first-order valence-electron chi connectivity index (χ1n) is 5.04. The highest BCUT2D eigenvalue weighted by molar-refractivity contribution is 5.81. The highest BCUT2D eigenvalue weighted by Gasteiger charge is 2.17. The van der Waals surface area contributed by atoms with Crippen molar-refractivity contribution in [3.8, 4) is 0 Å². The largest absolute Gasteiger partial charge is 0.480 e. The maximum Gasteiger partial charge on any atom is 0.326 e. The molecule has 0 rings (SSSR count). The van der Waals surface area contributed by atoms with Crippen LogP contribution in [-0.4, -0.2) is 36.1 Å². The molecule has 92 valence electrons. The number of unbranched alkanes of at least 4 members (excludes halogenated alkanes) is 1. The molecule has 0 aromatic rings. The number of carboxylic acid groups (broad SMARTS) is 1. The van der Waals surface area contributed by atoms with Gasteiger partial charge in [-0.3, -0.25) is 9.59 Å². The Kier molecular flexibility index (Phi) is 6.91. The van der Waals surface area contributed by atoms with Gasteiger partial charge in [-0.05, 0) is 12.8 Å². The number of aliphatic carboxylic acids is 1. The third-order valence-electron chi connectivity index (χ3n) is 2.03. The van der Waals surface area contributed by atoms with Crippen LogP contribution >= 0.6 is 0 Å². The summed E-state index contributed by atoms with van der Waals surface area (Å²) in [7, 11) is 1.31. The first-order chi connectivity index (χ1) is 7.47. The average molecular weight is 231 g/mol. The van der Waals surface area contributed by atoms with Crippen molar-refractivity contribution < 1.29 is 24.2 Å². The van der Waals surface area contributed by atoms with E-state index in [4.69, 9.17) is 5.11 Å². The zero-order valence-electron chi connectivity index (χ0n) is 9.49. The standard InChI is InChI=1S/C10H17NO5/c1-7(12)11-8(10(14)15)5-3-4-6-9(13)16-2/h8H,3-6H2,1-2H3,(H,11,12)(H,14,15)/t8-/m0/s1. The molecule has 0 unspecified atom stereocenters. The summed E-state index contributed by atoms with van der Waals surface area (Å²) in [5, 5.41) is 11.1. The van der Waals surface area contributed by atoms with Crippen LogP contribution in [0.2, 0.25) is 0 Å². The molecule has 0 heterocycles. The minimum absolute atomic E-state index is 0.267. The molecule has 0 saturated carbocycles. The topological polar surface area (TPSA) is 92.7 Å². The molecule has 0 radical (unpaired) electrons. The molecule has 0 aliphatic carbocycles. The van der Waals surface area contributed by atoms with Crippen molar-refractivity contribution in [1.82, 2.24) is 5.32 Å². The van der Waals surface area contributed by atoms with Crippen LogP contribution in [0.3, 0.4) is 0 Å². The number of carboxylic acids is 1. The number of ether oxygens (including phenoxy) is 1. The predicted octanol–water partition coefficient (Wildman–Crippen LogP) is 0.309. The molecule has 1 amide bonds. The first kappa shape index (κ1) is 14.4. The van der Waals surface area contributed by atoms with E-state index in [9.17, 15) is 14.4 Å². The summed E-state index contributed by atoms with van der Waals surface area (Å²) >= 11 is 0. The van der Waals surface area contributed by atoms with Gasteiger partial charge in [0.1, 0.15) is 6.04 Å². The minimum Gasteiger partial charge on any atom is -0.480 e. The number of carbonyl (C=O) groups is 3. The molecule has 0 aromatic carbocycles. The fourth-order valence-electron chi connectivity index (χ4n) is 1.22. The van der Waals surface area contributed by atoms with Gasteiger partial charge in [-0.15, -0.1) is 0 Å². The van der Waals surface area contributed by atoms with Gasteiger partial charge in [0, 0.05) is 13.3 Å². The van der Waals surface area contributed by atoms with E-state index in [-0.39, 0.29) is 18.3 Å². The molecule has 0 fully saturated rings. The molecule has 6 nitrogen and oxygen atoms in total. The summed E-state index contributed by atoms with van der Waals surface area (Å²) in [6, 6.07) is -0.879. The monoisotopic (exact) mass is 231 g/mol. The Hall–Kier alpha value is -1.59. The summed E-state index contributed by atoms with van der Waals surface area (Å²) < 4.78 is 4.44. The summed E-state index contributed by atoms with van der Waals surface area (Å²) in [6.07, 6.45) is 1.68. The number of hydrogen-bond acceptors (Lipinski definition) is 4. The van der Waals surface area contributed by atoms with Crippen LogP contribution in [0, 0.1) is 0 Å². The lowest BCUT2D eigenvalue weighted by molar-refractivity contribution is -0.141. The van der Waals surface area contributed by atoms with E-state index in [1.165, 1.54) is 14.0 Å². The second-order valence-corrected chi connectivity index (χ2v) is 3.41. The Morgan fingerprint density at radius 2 is 1.94 bits per heavy atom. The van der Waals surface area contributed by atoms with Gasteiger partial charge in [-0.2, -0.15) is 0 Å². The number of methoxy groups -OCH3 is 1. The Bertz CT molecular complexity index is 264. The van der Waals surface area contributed by atoms with Crippen LogP contribution in [-0.2, 0) is 19.1 Å². The van der Waals surface area contributed by atoms with Gasteiger partial charge in [0.15, 0.2) is 0 Å². The van der Waals surface area contributed by atoms with Gasteiger partial charge in [-0.25, -0.2) is 4.79 Å². The van der Waals surface area contributed by atoms with Crippen LogP contribution in [0.5, 0.6) is 0 Å². The molecule has 2 N–H and O–H groups in total. The lowest BCUT2D eigenvalue weighted by atomic mass is 10.1. The van der Waals surface area contributed by atoms with Gasteiger partial charge in [0.05, 0.1) is 7.11 Å². The van der Waals surface area contributed by atoms with Crippen molar-refractivity contribution in [3.63, 3.8) is 0 Å². The number of esters is 1. The van der Waals surface area contributed by atoms with E-state index < -0.39 is 12.0 Å². The summed E-state index contributed by atoms with van der Waals surface area (Å²) in [6.45, 7) is 1.27. The molecule has 1 atom stereocenters. The van der Waals surface area contributed by atoms with Crippen LogP contribution < -0.4 is 5.32 Å². The van der Waals surface area contributed by atoms with Crippen LogP contribution in [0.15, 0.2) is 0 Å². The second-order valence-electron chi connectivity index (χ2n) is 3.41. The number of hydrogen-bond donors (Lipinski definition) is 2. The second kappa shape index (κ2) is 7.67. The number of amides is 1. The number of rotatable bonds is 7. The zero-order valence-corrected chi connectivity index (χ0v) is 9.49. The molecule has 0 aliphatic heterocycles. The molecule has 0 saturated heterocycles. The quantitative estimate of drug-likeness (QED) is 0.486. The predicted molar refractivity (Wildman–Crippen MR) is 55.7 cm³/mol. The fraction of sp³-hybridized carbons (Fsp3) is 0.700. The maximum absolute atomic E-state index is 10.8. The summed E-state index contributed by atoms with van der Waals surface area (Å²) in [5.41, 5.74) is 0. The van der Waals surface area contributed by atoms with Crippen molar-refractivity contribution in [3.05, 3.63) is 0 Å². The van der Waals surface area contributed by atoms with Crippen LogP contribution in [0.4, 0.5) is 0 Å². The van der Waals surface area contributed by atoms with Crippen molar-refractivity contribution in [1.29, 1.82) is 0 Å². The Morgan fingerprint density at radius 1 is 1.31 bits per heavy atom. The fourth-order valence-corrected chi connectivity index (χ4v) is 1.22. The molecule has 0 spiro atoms. The van der Waals surface area contributed by atoms with E-state index in [1.807, 2.05) is 0 Å². The molecule has 16 heavy (non-hydrogen) atoms. The highest BCUT2D eigenvalue weighted by Crippen LogP contribution is 2.05. The van der Waals surface area contributed by atoms with Crippen LogP contribution in [0.1, 0.15) is 32.6 Å². The SMILES string of the molecule is COC(=O)CCCC[C@H](NC(C)=O)C(=O)O. The molecule has 0 aliphatic rings. The van der Waals surface area contributed by atoms with Crippen LogP contribution in [0.25, 0.3) is 0 Å². The molecule has 0 bridgehead atoms. The van der Waals surface area contributed by atoms with E-state index in [0.29, 0.717) is 19.3 Å². The van der Waals surface area contributed by atoms with E-state index in [1.54, 1.807) is 0 Å². The normalized spacial score (nSPS) is 11.6. The Labute approximate surface area is 94.0 Å². The molecule has 0 aromatic heterocycles. The third kappa shape index (κ3) is 6.80. The van der Waals surface area contributed by atoms with Gasteiger partial charge in [0.2, 0.25) is 5.91 Å². The maximum atomic E-state index is 10.8. The van der Waals surface area contributed by atoms with Gasteiger partial charge < -0.3 is 15.2 Å². The average Bonchev–Trinajstić information content (AvgIpc) is 2.21. The molecular formula is C10H17NO5. The van der Waals surface area contributed by atoms with Gasteiger partial charge in [0.25, 0.3) is 0 Å². The third-order valence-corrected chi connectivity index (χ3v) is 2.03. The Morgan fingerprint density at radius 3 is 2.38 bits per heavy atom. The van der Waals surface area contributed by atoms with Crippen molar-refractivity contribution >= 4 is 17.8 Å². The van der Waals surface area contributed by atoms with Gasteiger partial charge in [-0.1, -0.05) is 6.42 Å². The number of nitrogens with one attached hydrogen (secondary N) is 1. The Balaban J connectivity index is 3.81.